The summed E-state index contributed by atoms with van der Waals surface area (Å²) in [5, 5.41) is 0.776. The van der Waals surface area contributed by atoms with Crippen LogP contribution in [-0.4, -0.2) is 7.05 Å². The Hall–Kier alpha value is -1.51. The Balaban J connectivity index is 2.28. The van der Waals surface area contributed by atoms with Gasteiger partial charge in [-0.05, 0) is 48.7 Å². The molecule has 0 radical (unpaired) electrons. The molecule has 0 amide bonds. The average molecular weight is 289 g/mol. The monoisotopic (exact) mass is 288 g/mol. The first kappa shape index (κ1) is 14.9. The van der Waals surface area contributed by atoms with E-state index < -0.39 is 0 Å². The lowest BCUT2D eigenvalue weighted by atomic mass is 10.0. The molecule has 0 aliphatic carbocycles. The van der Waals surface area contributed by atoms with Crippen LogP contribution in [0.5, 0.6) is 0 Å². The lowest BCUT2D eigenvalue weighted by Crippen LogP contribution is -2.22. The first-order valence-electron chi connectivity index (χ1n) is 6.81. The van der Waals surface area contributed by atoms with E-state index in [1.54, 1.807) is 0 Å². The maximum absolute atomic E-state index is 6.08. The third kappa shape index (κ3) is 3.14. The van der Waals surface area contributed by atoms with Crippen molar-refractivity contribution in [3.63, 3.8) is 0 Å². The normalized spacial score (nSPS) is 12.2. The SMILES string of the molecule is Cc1cc(CN)ccc1N(C)C(C)c1cccc(Cl)c1. The lowest BCUT2D eigenvalue weighted by molar-refractivity contribution is 0.737. The van der Waals surface area contributed by atoms with E-state index in [2.05, 4.69) is 50.1 Å². The second kappa shape index (κ2) is 6.29. The van der Waals surface area contributed by atoms with Crippen molar-refractivity contribution in [3.8, 4) is 0 Å². The van der Waals surface area contributed by atoms with Crippen LogP contribution in [0.1, 0.15) is 29.7 Å². The molecule has 106 valence electrons. The number of hydrogen-bond acceptors (Lipinski definition) is 2. The van der Waals surface area contributed by atoms with Gasteiger partial charge in [0.25, 0.3) is 0 Å². The van der Waals surface area contributed by atoms with Gasteiger partial charge in [-0.3, -0.25) is 0 Å². The molecule has 0 aromatic heterocycles. The van der Waals surface area contributed by atoms with Crippen LogP contribution in [0.4, 0.5) is 5.69 Å². The summed E-state index contributed by atoms with van der Waals surface area (Å²) in [7, 11) is 2.11. The average Bonchev–Trinajstić information content (AvgIpc) is 2.45. The smallest absolute Gasteiger partial charge is 0.0511 e. The minimum atomic E-state index is 0.260. The molecule has 0 bridgehead atoms. The summed E-state index contributed by atoms with van der Waals surface area (Å²) >= 11 is 6.08. The minimum Gasteiger partial charge on any atom is -0.368 e. The quantitative estimate of drug-likeness (QED) is 0.908. The second-order valence-corrected chi connectivity index (χ2v) is 5.60. The summed E-state index contributed by atoms with van der Waals surface area (Å²) in [5.74, 6) is 0. The summed E-state index contributed by atoms with van der Waals surface area (Å²) < 4.78 is 0. The first-order valence-corrected chi connectivity index (χ1v) is 7.18. The van der Waals surface area contributed by atoms with Crippen LogP contribution in [0.25, 0.3) is 0 Å². The predicted molar refractivity (Wildman–Crippen MR) is 87.3 cm³/mol. The minimum absolute atomic E-state index is 0.260. The Bertz CT molecular complexity index is 595. The zero-order chi connectivity index (χ0) is 14.7. The number of nitrogens with zero attached hydrogens (tertiary/aromatic N) is 1. The van der Waals surface area contributed by atoms with E-state index in [0.29, 0.717) is 6.54 Å². The molecular weight excluding hydrogens is 268 g/mol. The van der Waals surface area contributed by atoms with Crippen molar-refractivity contribution in [1.29, 1.82) is 0 Å². The Kier molecular flexibility index (Phi) is 4.69. The van der Waals surface area contributed by atoms with Crippen molar-refractivity contribution in [2.24, 2.45) is 5.73 Å². The van der Waals surface area contributed by atoms with Gasteiger partial charge in [0.2, 0.25) is 0 Å². The summed E-state index contributed by atoms with van der Waals surface area (Å²) in [5.41, 5.74) is 10.5. The third-order valence-electron chi connectivity index (χ3n) is 3.79. The zero-order valence-electron chi connectivity index (χ0n) is 12.2. The van der Waals surface area contributed by atoms with Crippen LogP contribution in [-0.2, 0) is 6.54 Å². The van der Waals surface area contributed by atoms with Crippen molar-refractivity contribution in [2.45, 2.75) is 26.4 Å². The molecule has 2 nitrogen and oxygen atoms in total. The highest BCUT2D eigenvalue weighted by Gasteiger charge is 2.14. The van der Waals surface area contributed by atoms with Gasteiger partial charge in [0.1, 0.15) is 0 Å². The van der Waals surface area contributed by atoms with E-state index in [0.717, 1.165) is 10.6 Å². The summed E-state index contributed by atoms with van der Waals surface area (Å²) in [6.45, 7) is 4.88. The standard InChI is InChI=1S/C17H21ClN2/c1-12-9-14(11-19)7-8-17(12)20(3)13(2)15-5-4-6-16(18)10-15/h4-10,13H,11,19H2,1-3H3. The van der Waals surface area contributed by atoms with Crippen molar-refractivity contribution < 1.29 is 0 Å². The van der Waals surface area contributed by atoms with Crippen LogP contribution in [0.15, 0.2) is 42.5 Å². The van der Waals surface area contributed by atoms with Gasteiger partial charge in [-0.1, -0.05) is 35.9 Å². The molecule has 2 rings (SSSR count). The molecule has 20 heavy (non-hydrogen) atoms. The van der Waals surface area contributed by atoms with Crippen LogP contribution < -0.4 is 10.6 Å². The van der Waals surface area contributed by atoms with E-state index in [4.69, 9.17) is 17.3 Å². The van der Waals surface area contributed by atoms with E-state index >= 15 is 0 Å². The number of aryl methyl sites for hydroxylation is 1. The van der Waals surface area contributed by atoms with Gasteiger partial charge >= 0.3 is 0 Å². The number of benzene rings is 2. The molecule has 0 saturated carbocycles. The summed E-state index contributed by atoms with van der Waals surface area (Å²) in [6.07, 6.45) is 0. The van der Waals surface area contributed by atoms with Crippen LogP contribution >= 0.6 is 11.6 Å². The Morgan fingerprint density at radius 3 is 2.55 bits per heavy atom. The van der Waals surface area contributed by atoms with Crippen LogP contribution in [0.3, 0.4) is 0 Å². The third-order valence-corrected chi connectivity index (χ3v) is 4.02. The number of nitrogens with two attached hydrogens (primary N) is 1. The highest BCUT2D eigenvalue weighted by atomic mass is 35.5. The molecule has 0 heterocycles. The highest BCUT2D eigenvalue weighted by Crippen LogP contribution is 2.29. The van der Waals surface area contributed by atoms with E-state index in [9.17, 15) is 0 Å². The summed E-state index contributed by atoms with van der Waals surface area (Å²) in [4.78, 5) is 2.27. The van der Waals surface area contributed by atoms with Crippen molar-refractivity contribution >= 4 is 17.3 Å². The van der Waals surface area contributed by atoms with Crippen molar-refractivity contribution in [3.05, 3.63) is 64.2 Å². The van der Waals surface area contributed by atoms with E-state index in [1.165, 1.54) is 16.8 Å². The van der Waals surface area contributed by atoms with Gasteiger partial charge in [0.15, 0.2) is 0 Å². The molecule has 3 heteroatoms. The highest BCUT2D eigenvalue weighted by molar-refractivity contribution is 6.30. The van der Waals surface area contributed by atoms with Crippen LogP contribution in [0, 0.1) is 6.92 Å². The largest absolute Gasteiger partial charge is 0.368 e. The molecule has 0 fully saturated rings. The maximum atomic E-state index is 6.08. The molecule has 2 aromatic rings. The fourth-order valence-electron chi connectivity index (χ4n) is 2.44. The molecule has 2 N–H and O–H groups in total. The molecule has 0 aliphatic heterocycles. The zero-order valence-corrected chi connectivity index (χ0v) is 13.0. The van der Waals surface area contributed by atoms with E-state index in [1.807, 2.05) is 18.2 Å². The molecule has 0 saturated heterocycles. The Morgan fingerprint density at radius 1 is 1.20 bits per heavy atom. The Morgan fingerprint density at radius 2 is 1.95 bits per heavy atom. The molecule has 1 atom stereocenters. The predicted octanol–water partition coefficient (Wildman–Crippen LogP) is 4.30. The lowest BCUT2D eigenvalue weighted by Gasteiger charge is -2.29. The second-order valence-electron chi connectivity index (χ2n) is 5.17. The summed E-state index contributed by atoms with van der Waals surface area (Å²) in [6, 6.07) is 14.7. The van der Waals surface area contributed by atoms with Gasteiger partial charge in [-0.25, -0.2) is 0 Å². The topological polar surface area (TPSA) is 29.3 Å². The van der Waals surface area contributed by atoms with Crippen LogP contribution in [0.2, 0.25) is 5.02 Å². The van der Waals surface area contributed by atoms with Gasteiger partial charge in [0.05, 0.1) is 6.04 Å². The number of anilines is 1. The van der Waals surface area contributed by atoms with Gasteiger partial charge < -0.3 is 10.6 Å². The van der Waals surface area contributed by atoms with Gasteiger partial charge in [-0.15, -0.1) is 0 Å². The van der Waals surface area contributed by atoms with Crippen molar-refractivity contribution in [2.75, 3.05) is 11.9 Å². The first-order chi connectivity index (χ1) is 9.52. The number of halogens is 1. The fourth-order valence-corrected chi connectivity index (χ4v) is 2.64. The number of rotatable bonds is 4. The molecular formula is C17H21ClN2. The van der Waals surface area contributed by atoms with Gasteiger partial charge in [-0.2, -0.15) is 0 Å². The fraction of sp³-hybridized carbons (Fsp3) is 0.294. The molecule has 0 spiro atoms. The molecule has 1 unspecified atom stereocenters. The number of hydrogen-bond donors (Lipinski definition) is 1. The van der Waals surface area contributed by atoms with E-state index in [-0.39, 0.29) is 6.04 Å². The molecule has 2 aromatic carbocycles. The maximum Gasteiger partial charge on any atom is 0.0511 e. The Labute approximate surface area is 126 Å². The van der Waals surface area contributed by atoms with Gasteiger partial charge in [0, 0.05) is 24.3 Å². The van der Waals surface area contributed by atoms with Crippen molar-refractivity contribution in [1.82, 2.24) is 0 Å². The molecule has 0 aliphatic rings.